The quantitative estimate of drug-likeness (QED) is 0.650. The first-order valence-corrected chi connectivity index (χ1v) is 9.88. The standard InChI is InChI=1S/C20H19FN2O4S/c1-14-10-18(7-8-19(14)26-2)28(24,25)23-13-15-6-9-20(22-12-15)27-17-5-3-4-16(21)11-17/h3-12,23H,13H2,1-2H3. The number of sulfonamides is 1. The highest BCUT2D eigenvalue weighted by Crippen LogP contribution is 2.22. The molecule has 2 aromatic carbocycles. The largest absolute Gasteiger partial charge is 0.496 e. The van der Waals surface area contributed by atoms with Gasteiger partial charge in [0.15, 0.2) is 0 Å². The molecule has 1 aromatic heterocycles. The maximum atomic E-state index is 13.2. The number of methoxy groups -OCH3 is 1. The number of nitrogens with one attached hydrogen (secondary N) is 1. The molecule has 0 aliphatic carbocycles. The Kier molecular flexibility index (Phi) is 5.91. The van der Waals surface area contributed by atoms with Gasteiger partial charge < -0.3 is 9.47 Å². The molecule has 1 heterocycles. The zero-order valence-electron chi connectivity index (χ0n) is 15.3. The highest BCUT2D eigenvalue weighted by Gasteiger charge is 2.15. The van der Waals surface area contributed by atoms with Crippen molar-refractivity contribution in [2.75, 3.05) is 7.11 Å². The van der Waals surface area contributed by atoms with E-state index in [1.54, 1.807) is 37.3 Å². The average Bonchev–Trinajstić information content (AvgIpc) is 2.67. The maximum Gasteiger partial charge on any atom is 0.240 e. The first-order chi connectivity index (χ1) is 13.4. The molecule has 146 valence electrons. The van der Waals surface area contributed by atoms with E-state index in [4.69, 9.17) is 9.47 Å². The number of pyridine rings is 1. The Labute approximate surface area is 163 Å². The van der Waals surface area contributed by atoms with Crippen molar-refractivity contribution in [3.05, 3.63) is 77.7 Å². The van der Waals surface area contributed by atoms with Gasteiger partial charge in [-0.2, -0.15) is 0 Å². The molecule has 6 nitrogen and oxygen atoms in total. The maximum absolute atomic E-state index is 13.2. The second-order valence-corrected chi connectivity index (χ2v) is 7.79. The summed E-state index contributed by atoms with van der Waals surface area (Å²) in [7, 11) is -2.14. The summed E-state index contributed by atoms with van der Waals surface area (Å²) in [5, 5.41) is 0. The van der Waals surface area contributed by atoms with Crippen molar-refractivity contribution in [2.45, 2.75) is 18.4 Å². The van der Waals surface area contributed by atoms with E-state index < -0.39 is 15.8 Å². The molecular weight excluding hydrogens is 383 g/mol. The molecule has 0 aliphatic heterocycles. The predicted octanol–water partition coefficient (Wildman–Crippen LogP) is 3.81. The molecule has 0 radical (unpaired) electrons. The summed E-state index contributed by atoms with van der Waals surface area (Å²) in [5.41, 5.74) is 1.38. The predicted molar refractivity (Wildman–Crippen MR) is 102 cm³/mol. The summed E-state index contributed by atoms with van der Waals surface area (Å²) in [6, 6.07) is 13.6. The van der Waals surface area contributed by atoms with Crippen LogP contribution < -0.4 is 14.2 Å². The van der Waals surface area contributed by atoms with E-state index in [1.807, 2.05) is 0 Å². The molecule has 0 saturated heterocycles. The van der Waals surface area contributed by atoms with E-state index in [0.29, 0.717) is 17.1 Å². The first kappa shape index (κ1) is 19.8. The molecule has 8 heteroatoms. The number of hydrogen-bond acceptors (Lipinski definition) is 5. The Morgan fingerprint density at radius 1 is 1.11 bits per heavy atom. The topological polar surface area (TPSA) is 77.5 Å². The third-order valence-electron chi connectivity index (χ3n) is 3.96. The van der Waals surface area contributed by atoms with E-state index in [0.717, 1.165) is 5.56 Å². The minimum atomic E-state index is -3.68. The zero-order chi connectivity index (χ0) is 20.1. The van der Waals surface area contributed by atoms with Crippen molar-refractivity contribution in [1.82, 2.24) is 9.71 Å². The van der Waals surface area contributed by atoms with Crippen molar-refractivity contribution in [3.8, 4) is 17.4 Å². The number of aromatic nitrogens is 1. The highest BCUT2D eigenvalue weighted by molar-refractivity contribution is 7.89. The number of aryl methyl sites for hydroxylation is 1. The number of hydrogen-bond donors (Lipinski definition) is 1. The molecule has 3 rings (SSSR count). The number of ether oxygens (including phenoxy) is 2. The smallest absolute Gasteiger partial charge is 0.240 e. The Morgan fingerprint density at radius 3 is 2.57 bits per heavy atom. The van der Waals surface area contributed by atoms with Crippen LogP contribution in [0.15, 0.2) is 65.7 Å². The minimum Gasteiger partial charge on any atom is -0.496 e. The second-order valence-electron chi connectivity index (χ2n) is 6.02. The fourth-order valence-electron chi connectivity index (χ4n) is 2.51. The molecule has 0 bridgehead atoms. The second kappa shape index (κ2) is 8.37. The zero-order valence-corrected chi connectivity index (χ0v) is 16.2. The van der Waals surface area contributed by atoms with Crippen LogP contribution in [0.2, 0.25) is 0 Å². The van der Waals surface area contributed by atoms with Crippen LogP contribution >= 0.6 is 0 Å². The lowest BCUT2D eigenvalue weighted by molar-refractivity contribution is 0.411. The summed E-state index contributed by atoms with van der Waals surface area (Å²) in [5.74, 6) is 0.827. The van der Waals surface area contributed by atoms with Gasteiger partial charge in [-0.15, -0.1) is 0 Å². The molecule has 0 spiro atoms. The van der Waals surface area contributed by atoms with E-state index in [-0.39, 0.29) is 17.3 Å². The fraction of sp³-hybridized carbons (Fsp3) is 0.150. The summed E-state index contributed by atoms with van der Waals surface area (Å²) in [6.07, 6.45) is 1.50. The number of halogens is 1. The molecule has 0 aliphatic rings. The normalized spacial score (nSPS) is 11.2. The SMILES string of the molecule is COc1ccc(S(=O)(=O)NCc2ccc(Oc3cccc(F)c3)nc2)cc1C. The number of benzene rings is 2. The number of nitrogens with zero attached hydrogens (tertiary/aromatic N) is 1. The molecule has 0 fully saturated rings. The number of rotatable bonds is 7. The van der Waals surface area contributed by atoms with E-state index in [2.05, 4.69) is 9.71 Å². The van der Waals surface area contributed by atoms with Gasteiger partial charge in [0, 0.05) is 24.9 Å². The van der Waals surface area contributed by atoms with Crippen molar-refractivity contribution in [1.29, 1.82) is 0 Å². The van der Waals surface area contributed by atoms with E-state index >= 15 is 0 Å². The molecule has 0 amide bonds. The van der Waals surface area contributed by atoms with Gasteiger partial charge in [-0.3, -0.25) is 0 Å². The molecular formula is C20H19FN2O4S. The highest BCUT2D eigenvalue weighted by atomic mass is 32.2. The lowest BCUT2D eigenvalue weighted by Crippen LogP contribution is -2.23. The first-order valence-electron chi connectivity index (χ1n) is 8.40. The summed E-state index contributed by atoms with van der Waals surface area (Å²) < 4.78 is 51.3. The van der Waals surface area contributed by atoms with Gasteiger partial charge in [-0.25, -0.2) is 22.5 Å². The molecule has 3 aromatic rings. The Balaban J connectivity index is 1.64. The van der Waals surface area contributed by atoms with Crippen LogP contribution in [-0.2, 0) is 16.6 Å². The van der Waals surface area contributed by atoms with Crippen LogP contribution in [0.4, 0.5) is 4.39 Å². The fourth-order valence-corrected chi connectivity index (χ4v) is 3.61. The van der Waals surface area contributed by atoms with Crippen LogP contribution in [0, 0.1) is 12.7 Å². The van der Waals surface area contributed by atoms with Crippen molar-refractivity contribution in [2.24, 2.45) is 0 Å². The van der Waals surface area contributed by atoms with Gasteiger partial charge in [0.1, 0.15) is 17.3 Å². The lowest BCUT2D eigenvalue weighted by atomic mass is 10.2. The van der Waals surface area contributed by atoms with Gasteiger partial charge in [0.2, 0.25) is 15.9 Å². The monoisotopic (exact) mass is 402 g/mol. The average molecular weight is 402 g/mol. The molecule has 28 heavy (non-hydrogen) atoms. The van der Waals surface area contributed by atoms with Gasteiger partial charge >= 0.3 is 0 Å². The van der Waals surface area contributed by atoms with E-state index in [1.165, 1.54) is 37.6 Å². The van der Waals surface area contributed by atoms with Crippen LogP contribution in [0.25, 0.3) is 0 Å². The van der Waals surface area contributed by atoms with Crippen LogP contribution in [0.5, 0.6) is 17.4 Å². The summed E-state index contributed by atoms with van der Waals surface area (Å²) in [4.78, 5) is 4.28. The van der Waals surface area contributed by atoms with E-state index in [9.17, 15) is 12.8 Å². The minimum absolute atomic E-state index is 0.0701. The van der Waals surface area contributed by atoms with Gasteiger partial charge in [-0.1, -0.05) is 12.1 Å². The Bertz CT molecular complexity index is 1070. The molecule has 0 unspecified atom stereocenters. The third kappa shape index (κ3) is 4.85. The van der Waals surface area contributed by atoms with Crippen LogP contribution in [0.1, 0.15) is 11.1 Å². The molecule has 1 N–H and O–H groups in total. The Hall–Kier alpha value is -2.97. The molecule has 0 atom stereocenters. The van der Waals surface area contributed by atoms with Crippen molar-refractivity contribution < 1.29 is 22.3 Å². The van der Waals surface area contributed by atoms with Crippen LogP contribution in [0.3, 0.4) is 0 Å². The lowest BCUT2D eigenvalue weighted by Gasteiger charge is -2.10. The van der Waals surface area contributed by atoms with Crippen LogP contribution in [-0.4, -0.2) is 20.5 Å². The van der Waals surface area contributed by atoms with Gasteiger partial charge in [0.05, 0.1) is 12.0 Å². The summed E-state index contributed by atoms with van der Waals surface area (Å²) >= 11 is 0. The molecule has 0 saturated carbocycles. The Morgan fingerprint density at radius 2 is 1.93 bits per heavy atom. The van der Waals surface area contributed by atoms with Crippen molar-refractivity contribution >= 4 is 10.0 Å². The third-order valence-corrected chi connectivity index (χ3v) is 5.36. The van der Waals surface area contributed by atoms with Gasteiger partial charge in [-0.05, 0) is 48.4 Å². The van der Waals surface area contributed by atoms with Crippen molar-refractivity contribution in [3.63, 3.8) is 0 Å². The summed E-state index contributed by atoms with van der Waals surface area (Å²) in [6.45, 7) is 1.85. The van der Waals surface area contributed by atoms with Gasteiger partial charge in [0.25, 0.3) is 0 Å².